The molecule has 0 amide bonds. The number of halogens is 3. The summed E-state index contributed by atoms with van der Waals surface area (Å²) in [6, 6.07) is 5.99. The SMILES string of the molecule is CCC(C)Nc1ccc(OC(F)(F)F)cc1. The van der Waals surface area contributed by atoms with Gasteiger partial charge in [-0.25, -0.2) is 0 Å². The lowest BCUT2D eigenvalue weighted by Gasteiger charge is -2.14. The normalized spacial score (nSPS) is 13.3. The molecule has 0 aliphatic heterocycles. The smallest absolute Gasteiger partial charge is 0.406 e. The molecule has 1 aromatic carbocycles. The fraction of sp³-hybridized carbons (Fsp3) is 0.455. The first-order chi connectivity index (χ1) is 7.40. The first kappa shape index (κ1) is 12.7. The molecule has 1 N–H and O–H groups in total. The summed E-state index contributed by atoms with van der Waals surface area (Å²) < 4.78 is 39.4. The Morgan fingerprint density at radius 3 is 2.25 bits per heavy atom. The number of benzene rings is 1. The fourth-order valence-electron chi connectivity index (χ4n) is 1.14. The molecular weight excluding hydrogens is 219 g/mol. The molecule has 0 spiro atoms. The molecular formula is C11H14F3NO. The zero-order valence-electron chi connectivity index (χ0n) is 9.14. The topological polar surface area (TPSA) is 21.3 Å². The Labute approximate surface area is 92.4 Å². The van der Waals surface area contributed by atoms with Crippen LogP contribution in [-0.2, 0) is 0 Å². The molecule has 0 aliphatic rings. The van der Waals surface area contributed by atoms with Crippen LogP contribution in [0.4, 0.5) is 18.9 Å². The summed E-state index contributed by atoms with van der Waals surface area (Å²) in [6.07, 6.45) is -3.69. The molecule has 1 atom stereocenters. The molecule has 0 radical (unpaired) electrons. The standard InChI is InChI=1S/C11H14F3NO/c1-3-8(2)15-9-4-6-10(7-5-9)16-11(12,13)14/h4-8,15H,3H2,1-2H3. The third-order valence-corrected chi connectivity index (χ3v) is 2.11. The van der Waals surface area contributed by atoms with E-state index < -0.39 is 6.36 Å². The van der Waals surface area contributed by atoms with Crippen LogP contribution in [0.25, 0.3) is 0 Å². The van der Waals surface area contributed by atoms with Crippen LogP contribution in [0.3, 0.4) is 0 Å². The molecule has 0 saturated heterocycles. The second-order valence-corrected chi connectivity index (χ2v) is 3.53. The predicted molar refractivity (Wildman–Crippen MR) is 56.5 cm³/mol. The molecule has 0 aromatic heterocycles. The molecule has 0 saturated carbocycles. The van der Waals surface area contributed by atoms with Crippen molar-refractivity contribution in [3.8, 4) is 5.75 Å². The van der Waals surface area contributed by atoms with Crippen LogP contribution in [0.15, 0.2) is 24.3 Å². The number of hydrogen-bond acceptors (Lipinski definition) is 2. The van der Waals surface area contributed by atoms with Gasteiger partial charge in [-0.15, -0.1) is 13.2 Å². The van der Waals surface area contributed by atoms with Crippen LogP contribution < -0.4 is 10.1 Å². The van der Waals surface area contributed by atoms with Gasteiger partial charge in [0.05, 0.1) is 0 Å². The minimum atomic E-state index is -4.63. The van der Waals surface area contributed by atoms with E-state index in [9.17, 15) is 13.2 Å². The van der Waals surface area contributed by atoms with Gasteiger partial charge in [0.2, 0.25) is 0 Å². The molecule has 5 heteroatoms. The van der Waals surface area contributed by atoms with Crippen LogP contribution in [0, 0.1) is 0 Å². The van der Waals surface area contributed by atoms with E-state index in [0.29, 0.717) is 0 Å². The molecule has 0 fully saturated rings. The van der Waals surface area contributed by atoms with E-state index in [1.165, 1.54) is 12.1 Å². The molecule has 0 bridgehead atoms. The van der Waals surface area contributed by atoms with E-state index in [1.54, 1.807) is 12.1 Å². The zero-order chi connectivity index (χ0) is 12.2. The van der Waals surface area contributed by atoms with Gasteiger partial charge in [-0.3, -0.25) is 0 Å². The van der Waals surface area contributed by atoms with Gasteiger partial charge in [0, 0.05) is 11.7 Å². The lowest BCUT2D eigenvalue weighted by atomic mass is 10.2. The maximum atomic E-state index is 11.9. The zero-order valence-corrected chi connectivity index (χ0v) is 9.14. The number of ether oxygens (including phenoxy) is 1. The van der Waals surface area contributed by atoms with Crippen molar-refractivity contribution >= 4 is 5.69 Å². The van der Waals surface area contributed by atoms with E-state index in [2.05, 4.69) is 10.1 Å². The number of nitrogens with one attached hydrogen (secondary N) is 1. The Kier molecular flexibility index (Phi) is 4.04. The number of rotatable bonds is 4. The van der Waals surface area contributed by atoms with E-state index in [-0.39, 0.29) is 11.8 Å². The predicted octanol–water partition coefficient (Wildman–Crippen LogP) is 3.80. The minimum absolute atomic E-state index is 0.206. The maximum absolute atomic E-state index is 11.9. The Morgan fingerprint density at radius 2 is 1.81 bits per heavy atom. The summed E-state index contributed by atoms with van der Waals surface area (Å²) in [6.45, 7) is 4.03. The highest BCUT2D eigenvalue weighted by molar-refractivity contribution is 5.46. The van der Waals surface area contributed by atoms with Crippen molar-refractivity contribution in [3.05, 3.63) is 24.3 Å². The second kappa shape index (κ2) is 5.09. The molecule has 2 nitrogen and oxygen atoms in total. The van der Waals surface area contributed by atoms with E-state index in [1.807, 2.05) is 13.8 Å². The van der Waals surface area contributed by atoms with Gasteiger partial charge in [-0.1, -0.05) is 6.92 Å². The second-order valence-electron chi connectivity index (χ2n) is 3.53. The molecule has 1 rings (SSSR count). The van der Waals surface area contributed by atoms with Crippen LogP contribution in [0.1, 0.15) is 20.3 Å². The van der Waals surface area contributed by atoms with Gasteiger partial charge < -0.3 is 10.1 Å². The van der Waals surface area contributed by atoms with Gasteiger partial charge in [-0.2, -0.15) is 0 Å². The van der Waals surface area contributed by atoms with E-state index >= 15 is 0 Å². The monoisotopic (exact) mass is 233 g/mol. The number of anilines is 1. The van der Waals surface area contributed by atoms with Gasteiger partial charge >= 0.3 is 6.36 Å². The summed E-state index contributed by atoms with van der Waals surface area (Å²) in [5.41, 5.74) is 0.781. The Morgan fingerprint density at radius 1 is 1.25 bits per heavy atom. The van der Waals surface area contributed by atoms with Crippen molar-refractivity contribution in [3.63, 3.8) is 0 Å². The fourth-order valence-corrected chi connectivity index (χ4v) is 1.14. The first-order valence-electron chi connectivity index (χ1n) is 5.03. The molecule has 1 unspecified atom stereocenters. The van der Waals surface area contributed by atoms with E-state index in [0.717, 1.165) is 12.1 Å². The van der Waals surface area contributed by atoms with Crippen molar-refractivity contribution in [1.82, 2.24) is 0 Å². The van der Waals surface area contributed by atoms with Crippen LogP contribution in [-0.4, -0.2) is 12.4 Å². The first-order valence-corrected chi connectivity index (χ1v) is 5.03. The highest BCUT2D eigenvalue weighted by atomic mass is 19.4. The number of hydrogen-bond donors (Lipinski definition) is 1. The lowest BCUT2D eigenvalue weighted by Crippen LogP contribution is -2.17. The highest BCUT2D eigenvalue weighted by Gasteiger charge is 2.30. The Bertz CT molecular complexity index is 321. The van der Waals surface area contributed by atoms with E-state index in [4.69, 9.17) is 0 Å². The summed E-state index contributed by atoms with van der Waals surface area (Å²) in [4.78, 5) is 0. The molecule has 1 aromatic rings. The van der Waals surface area contributed by atoms with Crippen molar-refractivity contribution in [2.45, 2.75) is 32.7 Å². The molecule has 90 valence electrons. The van der Waals surface area contributed by atoms with Crippen LogP contribution in [0.5, 0.6) is 5.75 Å². The van der Waals surface area contributed by atoms with Crippen LogP contribution in [0.2, 0.25) is 0 Å². The highest BCUT2D eigenvalue weighted by Crippen LogP contribution is 2.24. The summed E-state index contributed by atoms with van der Waals surface area (Å²) in [5.74, 6) is -0.206. The third kappa shape index (κ3) is 4.42. The third-order valence-electron chi connectivity index (χ3n) is 2.11. The summed E-state index contributed by atoms with van der Waals surface area (Å²) >= 11 is 0. The lowest BCUT2D eigenvalue weighted by molar-refractivity contribution is -0.274. The largest absolute Gasteiger partial charge is 0.573 e. The van der Waals surface area contributed by atoms with Crippen molar-refractivity contribution < 1.29 is 17.9 Å². The average molecular weight is 233 g/mol. The summed E-state index contributed by atoms with van der Waals surface area (Å²) in [7, 11) is 0. The molecule has 0 aliphatic carbocycles. The minimum Gasteiger partial charge on any atom is -0.406 e. The summed E-state index contributed by atoms with van der Waals surface area (Å²) in [5, 5.41) is 3.14. The maximum Gasteiger partial charge on any atom is 0.573 e. The Balaban J connectivity index is 2.61. The van der Waals surface area contributed by atoms with Gasteiger partial charge in [0.1, 0.15) is 5.75 Å². The van der Waals surface area contributed by atoms with Crippen molar-refractivity contribution in [2.75, 3.05) is 5.32 Å². The number of alkyl halides is 3. The van der Waals surface area contributed by atoms with Crippen molar-refractivity contribution in [2.24, 2.45) is 0 Å². The van der Waals surface area contributed by atoms with Gasteiger partial charge in [-0.05, 0) is 37.6 Å². The van der Waals surface area contributed by atoms with Crippen LogP contribution >= 0.6 is 0 Å². The average Bonchev–Trinajstić information content (AvgIpc) is 2.18. The van der Waals surface area contributed by atoms with Crippen molar-refractivity contribution in [1.29, 1.82) is 0 Å². The quantitative estimate of drug-likeness (QED) is 0.854. The van der Waals surface area contributed by atoms with Gasteiger partial charge in [0.25, 0.3) is 0 Å². The Hall–Kier alpha value is -1.39. The molecule has 16 heavy (non-hydrogen) atoms. The van der Waals surface area contributed by atoms with Gasteiger partial charge in [0.15, 0.2) is 0 Å². The molecule has 0 heterocycles.